The Labute approximate surface area is 101 Å². The van der Waals surface area contributed by atoms with Crippen molar-refractivity contribution in [1.29, 1.82) is 0 Å². The van der Waals surface area contributed by atoms with E-state index >= 15 is 0 Å². The molecule has 0 aliphatic carbocycles. The Morgan fingerprint density at radius 1 is 1.53 bits per heavy atom. The molecule has 0 atom stereocenters. The molecule has 88 valence electrons. The maximum absolute atomic E-state index is 11.7. The van der Waals surface area contributed by atoms with Gasteiger partial charge in [-0.25, -0.2) is 0 Å². The van der Waals surface area contributed by atoms with Crippen LogP contribution in [0.25, 0.3) is 10.6 Å². The fraction of sp³-hybridized carbons (Fsp3) is 0.273. The molecule has 0 saturated carbocycles. The second-order valence-corrected chi connectivity index (χ2v) is 4.71. The third-order valence-electron chi connectivity index (χ3n) is 2.48. The van der Waals surface area contributed by atoms with Gasteiger partial charge in [0.25, 0.3) is 5.91 Å². The maximum Gasteiger partial charge on any atom is 0.273 e. The Balaban J connectivity index is 1.73. The van der Waals surface area contributed by atoms with Crippen molar-refractivity contribution in [3.63, 3.8) is 0 Å². The second kappa shape index (κ2) is 4.31. The van der Waals surface area contributed by atoms with E-state index in [9.17, 15) is 4.79 Å². The van der Waals surface area contributed by atoms with Crippen molar-refractivity contribution < 1.29 is 14.1 Å². The highest BCUT2D eigenvalue weighted by Gasteiger charge is 2.23. The van der Waals surface area contributed by atoms with Gasteiger partial charge in [-0.15, -0.1) is 11.3 Å². The third-order valence-corrected chi connectivity index (χ3v) is 3.36. The van der Waals surface area contributed by atoms with Crippen LogP contribution in [-0.4, -0.2) is 30.3 Å². The van der Waals surface area contributed by atoms with Gasteiger partial charge in [0.05, 0.1) is 24.1 Å². The van der Waals surface area contributed by atoms with Crippen LogP contribution in [0.15, 0.2) is 28.1 Å². The average Bonchev–Trinajstić information content (AvgIpc) is 2.91. The molecule has 6 heteroatoms. The highest BCUT2D eigenvalue weighted by Crippen LogP contribution is 2.25. The number of ether oxygens (including phenoxy) is 1. The predicted octanol–water partition coefficient (Wildman–Crippen LogP) is 1.53. The molecular weight excluding hydrogens is 240 g/mol. The van der Waals surface area contributed by atoms with Crippen molar-refractivity contribution in [2.45, 2.75) is 6.04 Å². The summed E-state index contributed by atoms with van der Waals surface area (Å²) in [4.78, 5) is 12.7. The van der Waals surface area contributed by atoms with E-state index in [1.54, 1.807) is 17.4 Å². The number of nitrogens with zero attached hydrogens (tertiary/aromatic N) is 1. The van der Waals surface area contributed by atoms with Crippen LogP contribution in [0.2, 0.25) is 0 Å². The summed E-state index contributed by atoms with van der Waals surface area (Å²) in [5.41, 5.74) is 0.306. The van der Waals surface area contributed by atoms with Gasteiger partial charge in [-0.1, -0.05) is 11.2 Å². The lowest BCUT2D eigenvalue weighted by atomic mass is 10.2. The summed E-state index contributed by atoms with van der Waals surface area (Å²) in [7, 11) is 0. The van der Waals surface area contributed by atoms with E-state index in [0.29, 0.717) is 24.7 Å². The lowest BCUT2D eigenvalue weighted by Crippen LogP contribution is -2.48. The Morgan fingerprint density at radius 2 is 2.41 bits per heavy atom. The van der Waals surface area contributed by atoms with Gasteiger partial charge in [-0.2, -0.15) is 0 Å². The molecular formula is C11H10N2O3S. The number of carbonyl (C=O) groups excluding carboxylic acids is 1. The molecule has 1 aliphatic heterocycles. The molecule has 0 spiro atoms. The summed E-state index contributed by atoms with van der Waals surface area (Å²) >= 11 is 1.55. The molecule has 3 rings (SSSR count). The second-order valence-electron chi connectivity index (χ2n) is 3.76. The molecule has 1 aliphatic rings. The van der Waals surface area contributed by atoms with Gasteiger partial charge >= 0.3 is 0 Å². The fourth-order valence-electron chi connectivity index (χ4n) is 1.50. The number of thiophene rings is 1. The Morgan fingerprint density at radius 3 is 3.06 bits per heavy atom. The molecule has 1 amide bonds. The number of aromatic nitrogens is 1. The molecule has 2 aromatic rings. The van der Waals surface area contributed by atoms with Gasteiger partial charge in [0.15, 0.2) is 11.5 Å². The normalized spacial score (nSPS) is 15.5. The quantitative estimate of drug-likeness (QED) is 0.897. The summed E-state index contributed by atoms with van der Waals surface area (Å²) in [6, 6.07) is 5.60. The molecule has 17 heavy (non-hydrogen) atoms. The lowest BCUT2D eigenvalue weighted by molar-refractivity contribution is -0.00360. The Kier molecular flexibility index (Phi) is 2.66. The van der Waals surface area contributed by atoms with Crippen molar-refractivity contribution in [3.8, 4) is 10.6 Å². The van der Waals surface area contributed by atoms with Crippen LogP contribution in [0.4, 0.5) is 0 Å². The molecule has 2 aromatic heterocycles. The van der Waals surface area contributed by atoms with Crippen LogP contribution in [0, 0.1) is 0 Å². The predicted molar refractivity (Wildman–Crippen MR) is 61.9 cm³/mol. The summed E-state index contributed by atoms with van der Waals surface area (Å²) in [5, 5.41) is 8.52. The van der Waals surface area contributed by atoms with E-state index < -0.39 is 0 Å². The number of hydrogen-bond donors (Lipinski definition) is 1. The van der Waals surface area contributed by atoms with Gasteiger partial charge in [0.2, 0.25) is 0 Å². The largest absolute Gasteiger partial charge is 0.377 e. The van der Waals surface area contributed by atoms with Crippen LogP contribution < -0.4 is 5.32 Å². The zero-order chi connectivity index (χ0) is 11.7. The smallest absolute Gasteiger partial charge is 0.273 e. The molecule has 0 bridgehead atoms. The van der Waals surface area contributed by atoms with E-state index in [1.165, 1.54) is 0 Å². The minimum Gasteiger partial charge on any atom is -0.377 e. The Bertz CT molecular complexity index is 517. The van der Waals surface area contributed by atoms with Crippen molar-refractivity contribution >= 4 is 17.2 Å². The first kappa shape index (κ1) is 10.5. The Hall–Kier alpha value is -1.66. The molecule has 0 unspecified atom stereocenters. The zero-order valence-electron chi connectivity index (χ0n) is 8.88. The van der Waals surface area contributed by atoms with Crippen molar-refractivity contribution in [2.75, 3.05) is 13.2 Å². The monoisotopic (exact) mass is 250 g/mol. The first-order valence-corrected chi connectivity index (χ1v) is 6.10. The topological polar surface area (TPSA) is 64.4 Å². The van der Waals surface area contributed by atoms with Gasteiger partial charge in [-0.3, -0.25) is 4.79 Å². The van der Waals surface area contributed by atoms with E-state index in [4.69, 9.17) is 9.26 Å². The highest BCUT2D eigenvalue weighted by molar-refractivity contribution is 7.13. The summed E-state index contributed by atoms with van der Waals surface area (Å²) in [5.74, 6) is 0.403. The number of amides is 1. The number of rotatable bonds is 3. The highest BCUT2D eigenvalue weighted by atomic mass is 32.1. The van der Waals surface area contributed by atoms with Crippen molar-refractivity contribution in [2.24, 2.45) is 0 Å². The molecule has 1 saturated heterocycles. The summed E-state index contributed by atoms with van der Waals surface area (Å²) in [6.07, 6.45) is 0. The summed E-state index contributed by atoms with van der Waals surface area (Å²) in [6.45, 7) is 1.14. The first-order chi connectivity index (χ1) is 8.33. The molecule has 5 nitrogen and oxygen atoms in total. The van der Waals surface area contributed by atoms with Crippen LogP contribution in [0.5, 0.6) is 0 Å². The first-order valence-electron chi connectivity index (χ1n) is 5.22. The molecule has 3 heterocycles. The van der Waals surface area contributed by atoms with Gasteiger partial charge in [-0.05, 0) is 11.4 Å². The van der Waals surface area contributed by atoms with E-state index in [2.05, 4.69) is 10.5 Å². The van der Waals surface area contributed by atoms with Crippen LogP contribution >= 0.6 is 11.3 Å². The van der Waals surface area contributed by atoms with Crippen LogP contribution in [0.1, 0.15) is 10.5 Å². The fourth-order valence-corrected chi connectivity index (χ4v) is 2.17. The van der Waals surface area contributed by atoms with Crippen molar-refractivity contribution in [1.82, 2.24) is 10.5 Å². The molecule has 1 N–H and O–H groups in total. The van der Waals surface area contributed by atoms with Crippen LogP contribution in [-0.2, 0) is 4.74 Å². The standard InChI is InChI=1S/C11H10N2O3S/c14-11(12-7-5-15-6-7)8-4-9(16-13-8)10-2-1-3-17-10/h1-4,7H,5-6H2,(H,12,14). The van der Waals surface area contributed by atoms with E-state index in [-0.39, 0.29) is 11.9 Å². The lowest BCUT2D eigenvalue weighted by Gasteiger charge is -2.26. The number of nitrogens with one attached hydrogen (secondary N) is 1. The SMILES string of the molecule is O=C(NC1COC1)c1cc(-c2cccs2)on1. The number of hydrogen-bond acceptors (Lipinski definition) is 5. The molecule has 1 fully saturated rings. The number of carbonyl (C=O) groups is 1. The van der Waals surface area contributed by atoms with Gasteiger partial charge < -0.3 is 14.6 Å². The van der Waals surface area contributed by atoms with Gasteiger partial charge in [0, 0.05) is 6.07 Å². The van der Waals surface area contributed by atoms with Crippen LogP contribution in [0.3, 0.4) is 0 Å². The van der Waals surface area contributed by atoms with E-state index in [1.807, 2.05) is 17.5 Å². The summed E-state index contributed by atoms with van der Waals surface area (Å²) < 4.78 is 10.1. The maximum atomic E-state index is 11.7. The third kappa shape index (κ3) is 2.09. The average molecular weight is 250 g/mol. The minimum atomic E-state index is -0.218. The van der Waals surface area contributed by atoms with E-state index in [0.717, 1.165) is 4.88 Å². The van der Waals surface area contributed by atoms with Crippen molar-refractivity contribution in [3.05, 3.63) is 29.3 Å². The minimum absolute atomic E-state index is 0.101. The zero-order valence-corrected chi connectivity index (χ0v) is 9.70. The molecule has 0 aromatic carbocycles. The van der Waals surface area contributed by atoms with Gasteiger partial charge in [0.1, 0.15) is 0 Å². The molecule has 0 radical (unpaired) electrons.